The molecule has 0 radical (unpaired) electrons. The summed E-state index contributed by atoms with van der Waals surface area (Å²) in [5, 5.41) is 0. The molecule has 0 aliphatic carbocycles. The van der Waals surface area contributed by atoms with Gasteiger partial charge in [-0.15, -0.1) is 0 Å². The van der Waals surface area contributed by atoms with Crippen LogP contribution in [-0.4, -0.2) is 48.8 Å². The van der Waals surface area contributed by atoms with E-state index in [1.165, 1.54) is 0 Å². The zero-order valence-corrected chi connectivity index (χ0v) is 13.4. The molecule has 1 aromatic rings. The van der Waals surface area contributed by atoms with E-state index in [4.69, 9.17) is 27.4 Å². The normalized spacial score (nSPS) is 19.4. The van der Waals surface area contributed by atoms with Gasteiger partial charge in [-0.1, -0.05) is 31.3 Å². The third kappa shape index (κ3) is 4.66. The molecular weight excluding hydrogens is 284 g/mol. The van der Waals surface area contributed by atoms with Crippen molar-refractivity contribution in [3.05, 3.63) is 29.8 Å². The minimum Gasteiger partial charge on any atom is -0.493 e. The van der Waals surface area contributed by atoms with E-state index >= 15 is 0 Å². The number of ether oxygens (including phenoxy) is 2. The summed E-state index contributed by atoms with van der Waals surface area (Å²) in [5.74, 6) is 0.777. The molecule has 1 aliphatic heterocycles. The van der Waals surface area contributed by atoms with Gasteiger partial charge < -0.3 is 15.2 Å². The van der Waals surface area contributed by atoms with Crippen LogP contribution in [0.3, 0.4) is 0 Å². The Hall–Kier alpha value is -1.17. The van der Waals surface area contributed by atoms with Crippen LogP contribution in [-0.2, 0) is 4.74 Å². The first-order valence-electron chi connectivity index (χ1n) is 7.55. The molecule has 1 aromatic carbocycles. The van der Waals surface area contributed by atoms with Crippen LogP contribution < -0.4 is 10.5 Å². The Labute approximate surface area is 132 Å². The Morgan fingerprint density at radius 3 is 3.05 bits per heavy atom. The van der Waals surface area contributed by atoms with Crippen LogP contribution in [0.2, 0.25) is 0 Å². The van der Waals surface area contributed by atoms with E-state index in [1.54, 1.807) is 0 Å². The highest BCUT2D eigenvalue weighted by atomic mass is 32.1. The lowest BCUT2D eigenvalue weighted by Gasteiger charge is -2.34. The Kier molecular flexibility index (Phi) is 6.42. The summed E-state index contributed by atoms with van der Waals surface area (Å²) in [6.45, 7) is 6.62. The molecule has 2 rings (SSSR count). The Balaban J connectivity index is 1.78. The summed E-state index contributed by atoms with van der Waals surface area (Å²) < 4.78 is 11.4. The molecule has 1 aliphatic rings. The average molecular weight is 308 g/mol. The molecule has 5 heteroatoms. The summed E-state index contributed by atoms with van der Waals surface area (Å²) >= 11 is 5.04. The van der Waals surface area contributed by atoms with Crippen LogP contribution in [0, 0.1) is 0 Å². The average Bonchev–Trinajstić information content (AvgIpc) is 2.52. The molecule has 2 N–H and O–H groups in total. The van der Waals surface area contributed by atoms with Gasteiger partial charge in [0.2, 0.25) is 0 Å². The van der Waals surface area contributed by atoms with E-state index in [1.807, 2.05) is 24.3 Å². The molecule has 1 fully saturated rings. The topological polar surface area (TPSA) is 47.7 Å². The summed E-state index contributed by atoms with van der Waals surface area (Å²) in [6, 6.07) is 8.21. The van der Waals surface area contributed by atoms with Crippen LogP contribution in [0.1, 0.15) is 25.3 Å². The highest BCUT2D eigenvalue weighted by Gasteiger charge is 2.20. The molecule has 1 saturated heterocycles. The molecule has 21 heavy (non-hydrogen) atoms. The zero-order chi connectivity index (χ0) is 15.1. The minimum atomic E-state index is 0.379. The standard InChI is InChI=1S/C16H24N2O2S/c1-2-13-12-19-11-9-18(13)8-5-10-20-15-7-4-3-6-14(15)16(17)21/h3-4,6-7,13H,2,5,8-12H2,1H3,(H2,17,21). The van der Waals surface area contributed by atoms with Crippen molar-refractivity contribution in [2.75, 3.05) is 32.9 Å². The number of nitrogens with zero attached hydrogens (tertiary/aromatic N) is 1. The maximum absolute atomic E-state index is 5.83. The first-order valence-corrected chi connectivity index (χ1v) is 7.96. The highest BCUT2D eigenvalue weighted by Crippen LogP contribution is 2.18. The van der Waals surface area contributed by atoms with Crippen molar-refractivity contribution in [1.29, 1.82) is 0 Å². The van der Waals surface area contributed by atoms with Gasteiger partial charge in [-0.3, -0.25) is 4.90 Å². The lowest BCUT2D eigenvalue weighted by atomic mass is 10.1. The predicted octanol–water partition coefficient (Wildman–Crippen LogP) is 2.20. The van der Waals surface area contributed by atoms with E-state index in [-0.39, 0.29) is 0 Å². The first kappa shape index (κ1) is 16.2. The molecule has 4 nitrogen and oxygen atoms in total. The number of para-hydroxylation sites is 1. The van der Waals surface area contributed by atoms with Crippen molar-refractivity contribution in [3.63, 3.8) is 0 Å². The largest absolute Gasteiger partial charge is 0.493 e. The fourth-order valence-corrected chi connectivity index (χ4v) is 2.77. The van der Waals surface area contributed by atoms with E-state index in [0.717, 1.165) is 50.5 Å². The lowest BCUT2D eigenvalue weighted by Crippen LogP contribution is -2.45. The Morgan fingerprint density at radius 1 is 1.48 bits per heavy atom. The fraction of sp³-hybridized carbons (Fsp3) is 0.562. The Morgan fingerprint density at radius 2 is 2.29 bits per heavy atom. The molecule has 116 valence electrons. The van der Waals surface area contributed by atoms with Crippen LogP contribution in [0.5, 0.6) is 5.75 Å². The molecule has 1 heterocycles. The number of hydrogen-bond acceptors (Lipinski definition) is 4. The fourth-order valence-electron chi connectivity index (χ4n) is 2.61. The monoisotopic (exact) mass is 308 g/mol. The van der Waals surface area contributed by atoms with Crippen LogP contribution in [0.25, 0.3) is 0 Å². The van der Waals surface area contributed by atoms with E-state index in [0.29, 0.717) is 17.6 Å². The van der Waals surface area contributed by atoms with Gasteiger partial charge in [0.05, 0.1) is 25.4 Å². The van der Waals surface area contributed by atoms with Gasteiger partial charge in [-0.05, 0) is 25.0 Å². The molecule has 0 amide bonds. The van der Waals surface area contributed by atoms with Gasteiger partial charge in [-0.2, -0.15) is 0 Å². The van der Waals surface area contributed by atoms with Crippen molar-refractivity contribution < 1.29 is 9.47 Å². The van der Waals surface area contributed by atoms with Gasteiger partial charge in [0, 0.05) is 19.1 Å². The number of hydrogen-bond donors (Lipinski definition) is 1. The molecule has 1 unspecified atom stereocenters. The number of nitrogens with two attached hydrogens (primary N) is 1. The highest BCUT2D eigenvalue weighted by molar-refractivity contribution is 7.80. The number of thiocarbonyl (C=S) groups is 1. The molecular formula is C16H24N2O2S. The molecule has 0 spiro atoms. The number of rotatable bonds is 7. The van der Waals surface area contributed by atoms with E-state index in [9.17, 15) is 0 Å². The molecule has 0 aromatic heterocycles. The summed E-state index contributed by atoms with van der Waals surface area (Å²) in [4.78, 5) is 2.87. The minimum absolute atomic E-state index is 0.379. The van der Waals surface area contributed by atoms with Gasteiger partial charge >= 0.3 is 0 Å². The van der Waals surface area contributed by atoms with Crippen molar-refractivity contribution >= 4 is 17.2 Å². The summed E-state index contributed by atoms with van der Waals surface area (Å²) in [5.41, 5.74) is 6.51. The van der Waals surface area contributed by atoms with Crippen LogP contribution >= 0.6 is 12.2 Å². The van der Waals surface area contributed by atoms with Gasteiger partial charge in [0.25, 0.3) is 0 Å². The van der Waals surface area contributed by atoms with Gasteiger partial charge in [-0.25, -0.2) is 0 Å². The second kappa shape index (κ2) is 8.32. The predicted molar refractivity (Wildman–Crippen MR) is 88.9 cm³/mol. The summed E-state index contributed by atoms with van der Waals surface area (Å²) in [7, 11) is 0. The van der Waals surface area contributed by atoms with Crippen molar-refractivity contribution in [3.8, 4) is 5.75 Å². The van der Waals surface area contributed by atoms with Crippen molar-refractivity contribution in [2.24, 2.45) is 5.73 Å². The zero-order valence-electron chi connectivity index (χ0n) is 12.6. The van der Waals surface area contributed by atoms with Crippen molar-refractivity contribution in [2.45, 2.75) is 25.8 Å². The SMILES string of the molecule is CCC1COCCN1CCCOc1ccccc1C(N)=S. The van der Waals surface area contributed by atoms with Crippen LogP contribution in [0.4, 0.5) is 0 Å². The lowest BCUT2D eigenvalue weighted by molar-refractivity contribution is -0.0102. The molecule has 1 atom stereocenters. The van der Waals surface area contributed by atoms with Crippen LogP contribution in [0.15, 0.2) is 24.3 Å². The van der Waals surface area contributed by atoms with E-state index in [2.05, 4.69) is 11.8 Å². The Bertz CT molecular complexity index is 467. The second-order valence-corrected chi connectivity index (χ2v) is 5.68. The summed E-state index contributed by atoms with van der Waals surface area (Å²) in [6.07, 6.45) is 2.12. The smallest absolute Gasteiger partial charge is 0.129 e. The molecule has 0 bridgehead atoms. The quantitative estimate of drug-likeness (QED) is 0.618. The van der Waals surface area contributed by atoms with Gasteiger partial charge in [0.1, 0.15) is 10.7 Å². The van der Waals surface area contributed by atoms with E-state index < -0.39 is 0 Å². The third-order valence-corrected chi connectivity index (χ3v) is 4.04. The van der Waals surface area contributed by atoms with Crippen molar-refractivity contribution in [1.82, 2.24) is 4.90 Å². The number of benzene rings is 1. The molecule has 0 saturated carbocycles. The first-order chi connectivity index (χ1) is 10.2. The maximum atomic E-state index is 5.83. The third-order valence-electron chi connectivity index (χ3n) is 3.82. The second-order valence-electron chi connectivity index (χ2n) is 5.24. The van der Waals surface area contributed by atoms with Gasteiger partial charge in [0.15, 0.2) is 0 Å². The maximum Gasteiger partial charge on any atom is 0.129 e. The number of morpholine rings is 1.